The molecule has 0 saturated heterocycles. The predicted molar refractivity (Wildman–Crippen MR) is 120 cm³/mol. The largest absolute Gasteiger partial charge is 0.506 e. The number of thioether (sulfide) groups is 1. The molecular formula is C21H17ClN3O4S2+. The molecule has 1 amide bonds. The van der Waals surface area contributed by atoms with Crippen LogP contribution in [0.2, 0.25) is 5.02 Å². The van der Waals surface area contributed by atoms with Crippen LogP contribution in [0.15, 0.2) is 82.8 Å². The van der Waals surface area contributed by atoms with Gasteiger partial charge >= 0.3 is 15.2 Å². The number of phenolic OH excluding ortho intramolecular Hbond substituents is 1. The van der Waals surface area contributed by atoms with Gasteiger partial charge in [0.1, 0.15) is 10.6 Å². The summed E-state index contributed by atoms with van der Waals surface area (Å²) in [7, 11) is -3.90. The summed E-state index contributed by atoms with van der Waals surface area (Å²) in [5.41, 5.74) is 1.28. The van der Waals surface area contributed by atoms with Gasteiger partial charge in [-0.05, 0) is 54.2 Å². The summed E-state index contributed by atoms with van der Waals surface area (Å²) >= 11 is 6.94. The fourth-order valence-corrected chi connectivity index (χ4v) is 5.75. The standard InChI is InChI=1S/C21H16ClN3O4S2/c22-14-10-11-19(26)17(12-14)23-20(27)13-30-21-24-16-8-4-5-9-18(16)25(21)31(28,29)15-6-2-1-3-7-15/h1-12H,13H2,(H2,23,26,27)/p+1. The number of phenols is 1. The van der Waals surface area contributed by atoms with Crippen molar-refractivity contribution in [2.75, 3.05) is 11.1 Å². The molecule has 0 aliphatic heterocycles. The highest BCUT2D eigenvalue weighted by Gasteiger charge is 2.31. The van der Waals surface area contributed by atoms with Crippen LogP contribution < -0.4 is 9.29 Å². The number of para-hydroxylation sites is 2. The van der Waals surface area contributed by atoms with Gasteiger partial charge in [0.25, 0.3) is 0 Å². The molecule has 10 heteroatoms. The van der Waals surface area contributed by atoms with Crippen LogP contribution in [0.25, 0.3) is 11.0 Å². The third-order valence-corrected chi connectivity index (χ3v) is 7.45. The van der Waals surface area contributed by atoms with E-state index in [9.17, 15) is 18.3 Å². The number of rotatable bonds is 6. The lowest BCUT2D eigenvalue weighted by molar-refractivity contribution is -0.526. The van der Waals surface area contributed by atoms with E-state index in [2.05, 4.69) is 10.3 Å². The topological polar surface area (TPSA) is 103 Å². The van der Waals surface area contributed by atoms with Crippen molar-refractivity contribution in [2.24, 2.45) is 0 Å². The highest BCUT2D eigenvalue weighted by molar-refractivity contribution is 8.00. The molecule has 158 valence electrons. The molecule has 0 radical (unpaired) electrons. The number of hydrogen-bond acceptors (Lipinski definition) is 5. The maximum absolute atomic E-state index is 13.3. The van der Waals surface area contributed by atoms with Crippen molar-refractivity contribution in [2.45, 2.75) is 10.1 Å². The average molecular weight is 475 g/mol. The first-order chi connectivity index (χ1) is 14.9. The Balaban J connectivity index is 1.65. The van der Waals surface area contributed by atoms with E-state index in [0.29, 0.717) is 16.1 Å². The second kappa shape index (κ2) is 8.62. The van der Waals surface area contributed by atoms with E-state index < -0.39 is 15.9 Å². The van der Waals surface area contributed by atoms with Crippen LogP contribution in [0.5, 0.6) is 5.75 Å². The summed E-state index contributed by atoms with van der Waals surface area (Å²) < 4.78 is 27.9. The first kappa shape index (κ1) is 21.2. The monoisotopic (exact) mass is 474 g/mol. The van der Waals surface area contributed by atoms with Gasteiger partial charge in [0, 0.05) is 5.02 Å². The number of halogens is 1. The Morgan fingerprint density at radius 2 is 1.77 bits per heavy atom. The van der Waals surface area contributed by atoms with Crippen molar-refractivity contribution in [3.05, 3.63) is 77.8 Å². The van der Waals surface area contributed by atoms with Crippen molar-refractivity contribution < 1.29 is 22.3 Å². The summed E-state index contributed by atoms with van der Waals surface area (Å²) in [5, 5.41) is 13.1. The van der Waals surface area contributed by atoms with Crippen molar-refractivity contribution in [1.82, 2.24) is 4.98 Å². The Labute approximate surface area is 187 Å². The lowest BCUT2D eigenvalue weighted by Gasteiger charge is -2.07. The van der Waals surface area contributed by atoms with Gasteiger partial charge in [-0.25, -0.2) is 4.98 Å². The number of amides is 1. The summed E-state index contributed by atoms with van der Waals surface area (Å²) in [6.07, 6.45) is 0. The fourth-order valence-electron chi connectivity index (χ4n) is 2.99. The van der Waals surface area contributed by atoms with Gasteiger partial charge in [0.2, 0.25) is 5.91 Å². The third-order valence-electron chi connectivity index (χ3n) is 4.40. The molecule has 0 atom stereocenters. The van der Waals surface area contributed by atoms with E-state index in [1.807, 2.05) is 0 Å². The molecule has 0 saturated carbocycles. The third kappa shape index (κ3) is 4.39. The molecule has 3 aromatic carbocycles. The van der Waals surface area contributed by atoms with Crippen LogP contribution in [0.4, 0.5) is 5.69 Å². The first-order valence-electron chi connectivity index (χ1n) is 9.11. The van der Waals surface area contributed by atoms with E-state index in [1.54, 1.807) is 42.5 Å². The van der Waals surface area contributed by atoms with E-state index in [1.165, 1.54) is 34.3 Å². The van der Waals surface area contributed by atoms with Gasteiger partial charge in [-0.3, -0.25) is 4.79 Å². The average Bonchev–Trinajstić information content (AvgIpc) is 3.15. The smallest absolute Gasteiger partial charge is 0.336 e. The Bertz CT molecular complexity index is 1370. The molecule has 4 aromatic rings. The summed E-state index contributed by atoms with van der Waals surface area (Å²) in [5.74, 6) is -0.636. The van der Waals surface area contributed by atoms with Gasteiger partial charge in [-0.1, -0.05) is 41.9 Å². The molecule has 4 rings (SSSR count). The summed E-state index contributed by atoms with van der Waals surface area (Å²) in [6, 6.07) is 19.4. The van der Waals surface area contributed by atoms with Crippen LogP contribution in [-0.4, -0.2) is 30.2 Å². The minimum Gasteiger partial charge on any atom is -0.506 e. The van der Waals surface area contributed by atoms with E-state index in [4.69, 9.17) is 11.6 Å². The van der Waals surface area contributed by atoms with Crippen LogP contribution in [-0.2, 0) is 14.8 Å². The van der Waals surface area contributed by atoms with Gasteiger partial charge in [0.05, 0.1) is 11.4 Å². The number of imidazole rings is 1. The number of carbonyl (C=O) groups excluding carboxylic acids is 1. The number of benzene rings is 3. The zero-order valence-electron chi connectivity index (χ0n) is 15.9. The fraction of sp³-hybridized carbons (Fsp3) is 0.0476. The van der Waals surface area contributed by atoms with Gasteiger partial charge < -0.3 is 10.4 Å². The zero-order chi connectivity index (χ0) is 22.0. The minimum atomic E-state index is -3.90. The maximum Gasteiger partial charge on any atom is 0.336 e. The number of hydrogen-bond donors (Lipinski definition) is 3. The molecule has 0 spiro atoms. The molecule has 3 N–H and O–H groups in total. The lowest BCUT2D eigenvalue weighted by Crippen LogP contribution is -2.44. The number of carbonyl (C=O) groups is 1. The second-order valence-electron chi connectivity index (χ2n) is 6.53. The zero-order valence-corrected chi connectivity index (χ0v) is 18.3. The van der Waals surface area contributed by atoms with Crippen molar-refractivity contribution in [3.8, 4) is 5.75 Å². The molecule has 0 unspecified atom stereocenters. The van der Waals surface area contributed by atoms with Crippen LogP contribution in [0, 0.1) is 0 Å². The maximum atomic E-state index is 13.3. The number of anilines is 1. The highest BCUT2D eigenvalue weighted by Crippen LogP contribution is 2.27. The van der Waals surface area contributed by atoms with Gasteiger partial charge in [0.15, 0.2) is 11.0 Å². The highest BCUT2D eigenvalue weighted by atomic mass is 35.5. The molecule has 0 bridgehead atoms. The molecular weight excluding hydrogens is 458 g/mol. The molecule has 7 nitrogen and oxygen atoms in total. The van der Waals surface area contributed by atoms with E-state index in [-0.39, 0.29) is 27.2 Å². The Morgan fingerprint density at radius 1 is 1.06 bits per heavy atom. The number of aromatic amines is 1. The SMILES string of the molecule is O=C(CSc1[nH]c2ccccc2[n+]1S(=O)(=O)c1ccccc1)Nc1cc(Cl)ccc1O. The first-order valence-corrected chi connectivity index (χ1v) is 11.9. The summed E-state index contributed by atoms with van der Waals surface area (Å²) in [4.78, 5) is 15.7. The van der Waals surface area contributed by atoms with Crippen LogP contribution >= 0.6 is 23.4 Å². The number of nitrogens with one attached hydrogen (secondary N) is 2. The minimum absolute atomic E-state index is 0.0942. The molecule has 0 aliphatic rings. The Hall–Kier alpha value is -3.01. The number of aromatic hydroxyl groups is 1. The van der Waals surface area contributed by atoms with Crippen LogP contribution in [0.3, 0.4) is 0 Å². The van der Waals surface area contributed by atoms with Crippen molar-refractivity contribution >= 4 is 56.0 Å². The molecule has 0 fully saturated rings. The molecule has 1 aromatic heterocycles. The van der Waals surface area contributed by atoms with E-state index >= 15 is 0 Å². The van der Waals surface area contributed by atoms with Crippen molar-refractivity contribution in [3.63, 3.8) is 0 Å². The predicted octanol–water partition coefficient (Wildman–Crippen LogP) is 3.78. The number of aromatic nitrogens is 2. The quantitative estimate of drug-likeness (QED) is 0.224. The van der Waals surface area contributed by atoms with Crippen molar-refractivity contribution in [1.29, 1.82) is 0 Å². The van der Waals surface area contributed by atoms with E-state index in [0.717, 1.165) is 11.8 Å². The van der Waals surface area contributed by atoms with Gasteiger partial charge in [-0.15, -0.1) is 3.97 Å². The van der Waals surface area contributed by atoms with Gasteiger partial charge in [-0.2, -0.15) is 8.42 Å². The second-order valence-corrected chi connectivity index (χ2v) is 9.72. The lowest BCUT2D eigenvalue weighted by atomic mass is 10.3. The van der Waals surface area contributed by atoms with Crippen LogP contribution in [0.1, 0.15) is 0 Å². The number of nitrogens with zero attached hydrogens (tertiary/aromatic N) is 1. The molecule has 1 heterocycles. The Morgan fingerprint density at radius 3 is 2.55 bits per heavy atom. The normalized spacial score (nSPS) is 11.5. The Kier molecular flexibility index (Phi) is 5.90. The summed E-state index contributed by atoms with van der Waals surface area (Å²) in [6.45, 7) is 0. The molecule has 0 aliphatic carbocycles. The molecule has 31 heavy (non-hydrogen) atoms. The number of fused-ring (bicyclic) bond motifs is 1. The number of H-pyrrole nitrogens is 1.